The first-order valence-electron chi connectivity index (χ1n) is 7.61. The van der Waals surface area contributed by atoms with Crippen molar-refractivity contribution < 1.29 is 4.74 Å². The fourth-order valence-electron chi connectivity index (χ4n) is 1.97. The molecule has 0 aliphatic heterocycles. The number of aryl methyl sites for hydroxylation is 1. The minimum atomic E-state index is 0.745. The summed E-state index contributed by atoms with van der Waals surface area (Å²) in [5.74, 6) is 0.745. The van der Waals surface area contributed by atoms with Crippen LogP contribution < -0.4 is 5.32 Å². The molecule has 0 aliphatic rings. The molecule has 2 nitrogen and oxygen atoms in total. The van der Waals surface area contributed by atoms with Gasteiger partial charge in [0.25, 0.3) is 0 Å². The van der Waals surface area contributed by atoms with Gasteiger partial charge in [0.1, 0.15) is 0 Å². The van der Waals surface area contributed by atoms with Gasteiger partial charge in [0.15, 0.2) is 0 Å². The van der Waals surface area contributed by atoms with E-state index in [2.05, 4.69) is 49.5 Å². The van der Waals surface area contributed by atoms with Crippen LogP contribution in [0, 0.1) is 5.92 Å². The van der Waals surface area contributed by atoms with Gasteiger partial charge in [-0.25, -0.2) is 0 Å². The fourth-order valence-corrected chi connectivity index (χ4v) is 1.97. The average Bonchev–Trinajstić information content (AvgIpc) is 2.42. The van der Waals surface area contributed by atoms with Crippen LogP contribution in [-0.2, 0) is 11.2 Å². The summed E-state index contributed by atoms with van der Waals surface area (Å²) < 4.78 is 5.66. The number of benzene rings is 1. The summed E-state index contributed by atoms with van der Waals surface area (Å²) in [6.45, 7) is 8.50. The third-order valence-corrected chi connectivity index (χ3v) is 3.04. The van der Waals surface area contributed by atoms with E-state index in [0.29, 0.717) is 0 Å². The molecule has 2 heteroatoms. The van der Waals surface area contributed by atoms with Gasteiger partial charge in [-0.2, -0.15) is 0 Å². The summed E-state index contributed by atoms with van der Waals surface area (Å²) in [6, 6.07) is 10.6. The largest absolute Gasteiger partial charge is 0.381 e. The fraction of sp³-hybridized carbons (Fsp3) is 0.647. The second-order valence-corrected chi connectivity index (χ2v) is 5.51. The highest BCUT2D eigenvalue weighted by molar-refractivity contribution is 5.14. The van der Waals surface area contributed by atoms with Crippen LogP contribution in [0.4, 0.5) is 0 Å². The zero-order valence-corrected chi connectivity index (χ0v) is 12.5. The van der Waals surface area contributed by atoms with Crippen molar-refractivity contribution in [3.63, 3.8) is 0 Å². The molecule has 1 aromatic rings. The minimum absolute atomic E-state index is 0.745. The van der Waals surface area contributed by atoms with Crippen molar-refractivity contribution in [1.82, 2.24) is 5.32 Å². The van der Waals surface area contributed by atoms with Crippen molar-refractivity contribution in [3.05, 3.63) is 35.9 Å². The van der Waals surface area contributed by atoms with E-state index in [4.69, 9.17) is 4.74 Å². The SMILES string of the molecule is CC(C)CNCCCCOCCCc1ccccc1. The molecular formula is C17H29NO. The molecule has 108 valence electrons. The van der Waals surface area contributed by atoms with E-state index in [-0.39, 0.29) is 0 Å². The van der Waals surface area contributed by atoms with Gasteiger partial charge in [0.2, 0.25) is 0 Å². The first-order chi connectivity index (χ1) is 9.29. The van der Waals surface area contributed by atoms with E-state index in [1.165, 1.54) is 12.0 Å². The van der Waals surface area contributed by atoms with Crippen molar-refractivity contribution in [2.24, 2.45) is 5.92 Å². The molecule has 0 radical (unpaired) electrons. The van der Waals surface area contributed by atoms with Gasteiger partial charge in [0.05, 0.1) is 0 Å². The smallest absolute Gasteiger partial charge is 0.0469 e. The molecule has 0 amide bonds. The molecule has 0 unspecified atom stereocenters. The average molecular weight is 263 g/mol. The summed E-state index contributed by atoms with van der Waals surface area (Å²) in [6.07, 6.45) is 4.62. The number of unbranched alkanes of at least 4 members (excludes halogenated alkanes) is 1. The molecule has 0 aliphatic carbocycles. The molecule has 1 N–H and O–H groups in total. The lowest BCUT2D eigenvalue weighted by Gasteiger charge is -2.07. The molecule has 0 aromatic heterocycles. The number of hydrogen-bond donors (Lipinski definition) is 1. The van der Waals surface area contributed by atoms with Gasteiger partial charge in [-0.3, -0.25) is 0 Å². The number of hydrogen-bond acceptors (Lipinski definition) is 2. The molecule has 1 rings (SSSR count). The second-order valence-electron chi connectivity index (χ2n) is 5.51. The molecule has 0 bridgehead atoms. The maximum absolute atomic E-state index is 5.66. The Kier molecular flexibility index (Phi) is 9.38. The van der Waals surface area contributed by atoms with Crippen LogP contribution in [0.2, 0.25) is 0 Å². The van der Waals surface area contributed by atoms with Gasteiger partial charge < -0.3 is 10.1 Å². The summed E-state index contributed by atoms with van der Waals surface area (Å²) >= 11 is 0. The van der Waals surface area contributed by atoms with E-state index >= 15 is 0 Å². The normalized spacial score (nSPS) is 11.1. The molecule has 0 fully saturated rings. The lowest BCUT2D eigenvalue weighted by atomic mass is 10.1. The lowest BCUT2D eigenvalue weighted by Crippen LogP contribution is -2.20. The molecule has 19 heavy (non-hydrogen) atoms. The third kappa shape index (κ3) is 9.69. The Hall–Kier alpha value is -0.860. The van der Waals surface area contributed by atoms with Crippen LogP contribution >= 0.6 is 0 Å². The highest BCUT2D eigenvalue weighted by Crippen LogP contribution is 2.02. The Labute approximate surface area is 118 Å². The highest BCUT2D eigenvalue weighted by atomic mass is 16.5. The van der Waals surface area contributed by atoms with Crippen LogP contribution in [0.1, 0.15) is 38.7 Å². The van der Waals surface area contributed by atoms with Crippen LogP contribution in [0.15, 0.2) is 30.3 Å². The Morgan fingerprint density at radius 2 is 1.74 bits per heavy atom. The van der Waals surface area contributed by atoms with Gasteiger partial charge >= 0.3 is 0 Å². The summed E-state index contributed by atoms with van der Waals surface area (Å²) in [7, 11) is 0. The summed E-state index contributed by atoms with van der Waals surface area (Å²) in [4.78, 5) is 0. The Balaban J connectivity index is 1.81. The quantitative estimate of drug-likeness (QED) is 0.615. The van der Waals surface area contributed by atoms with Gasteiger partial charge in [-0.05, 0) is 50.3 Å². The zero-order valence-electron chi connectivity index (χ0n) is 12.5. The summed E-state index contributed by atoms with van der Waals surface area (Å²) in [5, 5.41) is 3.45. The molecule has 0 spiro atoms. The molecule has 0 atom stereocenters. The number of nitrogens with one attached hydrogen (secondary N) is 1. The Morgan fingerprint density at radius 3 is 2.47 bits per heavy atom. The van der Waals surface area contributed by atoms with Crippen molar-refractivity contribution in [1.29, 1.82) is 0 Å². The molecule has 1 aromatic carbocycles. The van der Waals surface area contributed by atoms with Crippen molar-refractivity contribution in [3.8, 4) is 0 Å². The lowest BCUT2D eigenvalue weighted by molar-refractivity contribution is 0.128. The molecule has 0 saturated heterocycles. The summed E-state index contributed by atoms with van der Waals surface area (Å²) in [5.41, 5.74) is 1.41. The maximum Gasteiger partial charge on any atom is 0.0469 e. The number of rotatable bonds is 11. The van der Waals surface area contributed by atoms with Gasteiger partial charge in [-0.15, -0.1) is 0 Å². The Morgan fingerprint density at radius 1 is 1.00 bits per heavy atom. The number of ether oxygens (including phenoxy) is 1. The third-order valence-electron chi connectivity index (χ3n) is 3.04. The van der Waals surface area contributed by atoms with E-state index in [9.17, 15) is 0 Å². The second kappa shape index (κ2) is 11.0. The van der Waals surface area contributed by atoms with E-state index < -0.39 is 0 Å². The highest BCUT2D eigenvalue weighted by Gasteiger charge is 1.94. The van der Waals surface area contributed by atoms with Crippen LogP contribution in [0.5, 0.6) is 0 Å². The zero-order chi connectivity index (χ0) is 13.8. The van der Waals surface area contributed by atoms with E-state index in [0.717, 1.165) is 51.5 Å². The topological polar surface area (TPSA) is 21.3 Å². The van der Waals surface area contributed by atoms with Crippen LogP contribution in [-0.4, -0.2) is 26.3 Å². The minimum Gasteiger partial charge on any atom is -0.381 e. The first-order valence-corrected chi connectivity index (χ1v) is 7.61. The maximum atomic E-state index is 5.66. The Bertz CT molecular complexity index is 297. The van der Waals surface area contributed by atoms with E-state index in [1.54, 1.807) is 0 Å². The van der Waals surface area contributed by atoms with Crippen LogP contribution in [0.3, 0.4) is 0 Å². The van der Waals surface area contributed by atoms with Crippen LogP contribution in [0.25, 0.3) is 0 Å². The molecule has 0 saturated carbocycles. The van der Waals surface area contributed by atoms with Gasteiger partial charge in [-0.1, -0.05) is 44.2 Å². The molecule has 0 heterocycles. The van der Waals surface area contributed by atoms with Crippen molar-refractivity contribution >= 4 is 0 Å². The molecular weight excluding hydrogens is 234 g/mol. The standard InChI is InChI=1S/C17H29NO/c1-16(2)15-18-12-6-7-13-19-14-8-11-17-9-4-3-5-10-17/h3-5,9-10,16,18H,6-8,11-15H2,1-2H3. The predicted octanol–water partition coefficient (Wildman–Crippen LogP) is 3.66. The van der Waals surface area contributed by atoms with E-state index in [1.807, 2.05) is 0 Å². The predicted molar refractivity (Wildman–Crippen MR) is 82.5 cm³/mol. The van der Waals surface area contributed by atoms with Crippen molar-refractivity contribution in [2.45, 2.75) is 39.5 Å². The monoisotopic (exact) mass is 263 g/mol. The van der Waals surface area contributed by atoms with Gasteiger partial charge in [0, 0.05) is 13.2 Å². The van der Waals surface area contributed by atoms with Crippen molar-refractivity contribution in [2.75, 3.05) is 26.3 Å². The first kappa shape index (κ1) is 16.2.